The van der Waals surface area contributed by atoms with Crippen LogP contribution < -0.4 is 5.32 Å². The molecule has 0 fully saturated rings. The molecule has 1 N–H and O–H groups in total. The van der Waals surface area contributed by atoms with E-state index in [1.54, 1.807) is 0 Å². The van der Waals surface area contributed by atoms with Gasteiger partial charge >= 0.3 is 12.3 Å². The summed E-state index contributed by atoms with van der Waals surface area (Å²) in [5, 5.41) is 11.3. The van der Waals surface area contributed by atoms with Crippen molar-refractivity contribution in [1.29, 1.82) is 0 Å². The number of ether oxygens (including phenoxy) is 1. The van der Waals surface area contributed by atoms with Gasteiger partial charge in [0.15, 0.2) is 0 Å². The van der Waals surface area contributed by atoms with Crippen LogP contribution in [0.25, 0.3) is 0 Å². The fourth-order valence-electron chi connectivity index (χ4n) is 0.953. The molecule has 18 heavy (non-hydrogen) atoms. The highest BCUT2D eigenvalue weighted by Gasteiger charge is 2.40. The van der Waals surface area contributed by atoms with Crippen molar-refractivity contribution >= 4 is 16.5 Å². The first-order valence-corrected chi connectivity index (χ1v) is 6.07. The SMILES string of the molecule is CCCNc1nnc(COCC(F)(F)C(F)F)s1. The zero-order valence-corrected chi connectivity index (χ0v) is 10.4. The Bertz CT molecular complexity index is 361. The molecule has 0 saturated carbocycles. The first-order chi connectivity index (χ1) is 8.45. The van der Waals surface area contributed by atoms with Crippen molar-refractivity contribution in [3.63, 3.8) is 0 Å². The molecule has 4 nitrogen and oxygen atoms in total. The Morgan fingerprint density at radius 1 is 1.39 bits per heavy atom. The number of nitrogens with one attached hydrogen (secondary N) is 1. The molecule has 0 spiro atoms. The Kier molecular flexibility index (Phi) is 5.73. The third-order valence-corrected chi connectivity index (χ3v) is 2.69. The van der Waals surface area contributed by atoms with Crippen LogP contribution in [0.5, 0.6) is 0 Å². The van der Waals surface area contributed by atoms with E-state index in [9.17, 15) is 17.6 Å². The predicted octanol–water partition coefficient (Wildman–Crippen LogP) is 2.78. The minimum Gasteiger partial charge on any atom is -0.368 e. The van der Waals surface area contributed by atoms with Crippen LogP contribution in [0.15, 0.2) is 0 Å². The molecule has 104 valence electrons. The zero-order chi connectivity index (χ0) is 13.6. The summed E-state index contributed by atoms with van der Waals surface area (Å²) in [6, 6.07) is 0. The second kappa shape index (κ2) is 6.83. The number of nitrogens with zero attached hydrogens (tertiary/aromatic N) is 2. The molecule has 0 bridgehead atoms. The first kappa shape index (κ1) is 15.1. The van der Waals surface area contributed by atoms with Gasteiger partial charge in [-0.25, -0.2) is 8.78 Å². The summed E-state index contributed by atoms with van der Waals surface area (Å²) < 4.78 is 53.1. The van der Waals surface area contributed by atoms with Crippen molar-refractivity contribution in [3.05, 3.63) is 5.01 Å². The predicted molar refractivity (Wildman–Crippen MR) is 59.3 cm³/mol. The molecular weight excluding hydrogens is 274 g/mol. The van der Waals surface area contributed by atoms with E-state index in [0.29, 0.717) is 10.1 Å². The highest BCUT2D eigenvalue weighted by atomic mass is 32.1. The summed E-state index contributed by atoms with van der Waals surface area (Å²) in [5.74, 6) is -4.13. The van der Waals surface area contributed by atoms with Gasteiger partial charge in [0.2, 0.25) is 5.13 Å². The summed E-state index contributed by atoms with van der Waals surface area (Å²) in [5.41, 5.74) is 0. The molecule has 1 rings (SSSR count). The Morgan fingerprint density at radius 3 is 2.72 bits per heavy atom. The molecule has 1 aromatic rings. The number of anilines is 1. The molecule has 0 aliphatic heterocycles. The van der Waals surface area contributed by atoms with Gasteiger partial charge in [0.1, 0.15) is 18.2 Å². The number of hydrogen-bond acceptors (Lipinski definition) is 5. The van der Waals surface area contributed by atoms with Crippen molar-refractivity contribution in [1.82, 2.24) is 10.2 Å². The third kappa shape index (κ3) is 4.73. The number of alkyl halides is 4. The van der Waals surface area contributed by atoms with Gasteiger partial charge < -0.3 is 10.1 Å². The van der Waals surface area contributed by atoms with Crippen molar-refractivity contribution in [2.75, 3.05) is 18.5 Å². The molecule has 0 aliphatic carbocycles. The minimum atomic E-state index is -4.13. The van der Waals surface area contributed by atoms with E-state index in [-0.39, 0.29) is 6.61 Å². The van der Waals surface area contributed by atoms with Crippen LogP contribution in [0.3, 0.4) is 0 Å². The summed E-state index contributed by atoms with van der Waals surface area (Å²) in [6.45, 7) is 1.11. The molecule has 0 atom stereocenters. The highest BCUT2D eigenvalue weighted by molar-refractivity contribution is 7.15. The van der Waals surface area contributed by atoms with Crippen molar-refractivity contribution in [2.45, 2.75) is 32.3 Å². The maximum Gasteiger partial charge on any atom is 0.330 e. The van der Waals surface area contributed by atoms with Crippen molar-refractivity contribution < 1.29 is 22.3 Å². The van der Waals surface area contributed by atoms with Crippen LogP contribution >= 0.6 is 11.3 Å². The van der Waals surface area contributed by atoms with Gasteiger partial charge in [-0.3, -0.25) is 0 Å². The number of halogens is 4. The molecule has 0 aromatic carbocycles. The van der Waals surface area contributed by atoms with Gasteiger partial charge in [0, 0.05) is 6.54 Å². The molecule has 0 aliphatic rings. The molecule has 0 radical (unpaired) electrons. The first-order valence-electron chi connectivity index (χ1n) is 5.25. The summed E-state index contributed by atoms with van der Waals surface area (Å²) in [6.07, 6.45) is -2.82. The van der Waals surface area contributed by atoms with Crippen LogP contribution in [0.2, 0.25) is 0 Å². The normalized spacial score (nSPS) is 12.1. The lowest BCUT2D eigenvalue weighted by Gasteiger charge is -2.14. The lowest BCUT2D eigenvalue weighted by atomic mass is 10.4. The van der Waals surface area contributed by atoms with E-state index in [2.05, 4.69) is 20.3 Å². The average Bonchev–Trinajstić information content (AvgIpc) is 2.74. The zero-order valence-electron chi connectivity index (χ0n) is 9.63. The largest absolute Gasteiger partial charge is 0.368 e. The van der Waals surface area contributed by atoms with Crippen LogP contribution in [-0.2, 0) is 11.3 Å². The Labute approximate surface area is 105 Å². The van der Waals surface area contributed by atoms with Crippen LogP contribution in [0, 0.1) is 0 Å². The molecule has 0 saturated heterocycles. The van der Waals surface area contributed by atoms with E-state index in [1.807, 2.05) is 6.92 Å². The van der Waals surface area contributed by atoms with E-state index in [1.165, 1.54) is 0 Å². The average molecular weight is 287 g/mol. The Balaban J connectivity index is 2.33. The molecule has 0 amide bonds. The highest BCUT2D eigenvalue weighted by Crippen LogP contribution is 2.24. The fourth-order valence-corrected chi connectivity index (χ4v) is 1.66. The van der Waals surface area contributed by atoms with E-state index >= 15 is 0 Å². The Morgan fingerprint density at radius 2 is 2.11 bits per heavy atom. The van der Waals surface area contributed by atoms with Crippen LogP contribution in [0.4, 0.5) is 22.7 Å². The van der Waals surface area contributed by atoms with E-state index in [0.717, 1.165) is 24.3 Å². The Hall–Kier alpha value is -0.960. The van der Waals surface area contributed by atoms with Gasteiger partial charge in [-0.15, -0.1) is 10.2 Å². The fraction of sp³-hybridized carbons (Fsp3) is 0.778. The van der Waals surface area contributed by atoms with Gasteiger partial charge in [-0.05, 0) is 6.42 Å². The summed E-state index contributed by atoms with van der Waals surface area (Å²) >= 11 is 1.14. The van der Waals surface area contributed by atoms with E-state index < -0.39 is 19.0 Å². The van der Waals surface area contributed by atoms with Crippen LogP contribution in [-0.4, -0.2) is 35.7 Å². The van der Waals surface area contributed by atoms with Crippen LogP contribution in [0.1, 0.15) is 18.4 Å². The van der Waals surface area contributed by atoms with Gasteiger partial charge in [-0.1, -0.05) is 18.3 Å². The molecule has 1 heterocycles. The van der Waals surface area contributed by atoms with Crippen molar-refractivity contribution in [2.24, 2.45) is 0 Å². The van der Waals surface area contributed by atoms with Gasteiger partial charge in [0.25, 0.3) is 0 Å². The number of aromatic nitrogens is 2. The second-order valence-corrected chi connectivity index (χ2v) is 4.54. The van der Waals surface area contributed by atoms with Gasteiger partial charge in [-0.2, -0.15) is 8.78 Å². The van der Waals surface area contributed by atoms with E-state index in [4.69, 9.17) is 0 Å². The monoisotopic (exact) mass is 287 g/mol. The van der Waals surface area contributed by atoms with Crippen molar-refractivity contribution in [3.8, 4) is 0 Å². The maximum atomic E-state index is 12.5. The molecule has 1 aromatic heterocycles. The molecule has 0 unspecified atom stereocenters. The second-order valence-electron chi connectivity index (χ2n) is 3.48. The minimum absolute atomic E-state index is 0.256. The summed E-state index contributed by atoms with van der Waals surface area (Å²) in [4.78, 5) is 0. The lowest BCUT2D eigenvalue weighted by molar-refractivity contribution is -0.168. The maximum absolute atomic E-state index is 12.5. The topological polar surface area (TPSA) is 47.0 Å². The lowest BCUT2D eigenvalue weighted by Crippen LogP contribution is -2.32. The molecule has 9 heteroatoms. The number of hydrogen-bond donors (Lipinski definition) is 1. The summed E-state index contributed by atoms with van der Waals surface area (Å²) in [7, 11) is 0. The number of rotatable bonds is 8. The standard InChI is InChI=1S/C9H13F4N3OS/c1-2-3-14-8-16-15-6(18-8)4-17-5-9(12,13)7(10)11/h7H,2-5H2,1H3,(H,14,16). The quantitative estimate of drug-likeness (QED) is 0.747. The smallest absolute Gasteiger partial charge is 0.330 e. The van der Waals surface area contributed by atoms with Gasteiger partial charge in [0.05, 0.1) is 0 Å². The third-order valence-electron chi connectivity index (χ3n) is 1.83. The molecular formula is C9H13F4N3OS.